The van der Waals surface area contributed by atoms with E-state index in [4.69, 9.17) is 15.5 Å². The number of fused-ring (bicyclic) bond motifs is 1. The van der Waals surface area contributed by atoms with Crippen molar-refractivity contribution in [3.63, 3.8) is 0 Å². The van der Waals surface area contributed by atoms with Crippen LogP contribution in [0.25, 0.3) is 33.4 Å². The second kappa shape index (κ2) is 11.6. The second-order valence-electron chi connectivity index (χ2n) is 11.6. The minimum absolute atomic E-state index is 0.270. The van der Waals surface area contributed by atoms with Crippen molar-refractivity contribution in [2.75, 3.05) is 0 Å². The van der Waals surface area contributed by atoms with Crippen molar-refractivity contribution in [2.45, 2.75) is 66.2 Å². The molecule has 0 aliphatic heterocycles. The molecule has 0 saturated carbocycles. The number of imidazole rings is 2. The van der Waals surface area contributed by atoms with Crippen LogP contribution in [0.4, 0.5) is 0 Å². The van der Waals surface area contributed by atoms with Crippen molar-refractivity contribution in [3.05, 3.63) is 95.7 Å². The Hall–Kier alpha value is -4.72. The Morgan fingerprint density at radius 1 is 1.00 bits per heavy atom. The molecule has 216 valence electrons. The van der Waals surface area contributed by atoms with E-state index in [1.54, 1.807) is 6.33 Å². The number of hydrogen-bond donors (Lipinski definition) is 1. The number of benzene rings is 3. The van der Waals surface area contributed by atoms with Gasteiger partial charge in [-0.2, -0.15) is 0 Å². The molecule has 0 spiro atoms. The Morgan fingerprint density at radius 3 is 2.43 bits per heavy atom. The van der Waals surface area contributed by atoms with Crippen LogP contribution in [0.5, 0.6) is 0 Å². The molecule has 0 saturated heterocycles. The van der Waals surface area contributed by atoms with Gasteiger partial charge in [0, 0.05) is 37.7 Å². The van der Waals surface area contributed by atoms with E-state index in [2.05, 4.69) is 59.8 Å². The number of carbonyl (C=O) groups excluding carboxylic acids is 2. The normalized spacial score (nSPS) is 11.6. The average Bonchev–Trinajstić information content (AvgIpc) is 3.57. The Kier molecular flexibility index (Phi) is 7.98. The molecule has 0 unspecified atom stereocenters. The van der Waals surface area contributed by atoms with Crippen molar-refractivity contribution in [2.24, 2.45) is 5.73 Å². The van der Waals surface area contributed by atoms with Gasteiger partial charge in [-0.25, -0.2) is 14.8 Å². The molecule has 2 N–H and O–H groups in total. The number of hydrogen-bond acceptors (Lipinski definition) is 5. The predicted molar refractivity (Wildman–Crippen MR) is 165 cm³/mol. The Morgan fingerprint density at radius 2 is 1.74 bits per heavy atom. The van der Waals surface area contributed by atoms with Crippen LogP contribution in [0, 0.1) is 6.92 Å². The van der Waals surface area contributed by atoms with Gasteiger partial charge < -0.3 is 19.6 Å². The molecule has 0 radical (unpaired) electrons. The van der Waals surface area contributed by atoms with Crippen LogP contribution in [0.3, 0.4) is 0 Å². The van der Waals surface area contributed by atoms with Crippen LogP contribution >= 0.6 is 0 Å². The van der Waals surface area contributed by atoms with E-state index in [0.29, 0.717) is 18.7 Å². The molecule has 1 amide bonds. The lowest BCUT2D eigenvalue weighted by Gasteiger charge is -2.20. The highest BCUT2D eigenvalue weighted by atomic mass is 16.6. The first-order chi connectivity index (χ1) is 20.0. The lowest BCUT2D eigenvalue weighted by atomic mass is 9.98. The maximum atomic E-state index is 12.9. The van der Waals surface area contributed by atoms with Crippen LogP contribution in [0.1, 0.15) is 61.4 Å². The summed E-state index contributed by atoms with van der Waals surface area (Å²) in [6.07, 6.45) is 4.74. The Labute approximate surface area is 246 Å². The summed E-state index contributed by atoms with van der Waals surface area (Å²) >= 11 is 0. The minimum atomic E-state index is -0.568. The SMILES string of the molecule is CCc1nc2c(C)cc(-c3cn(CCC(N)=O)cn3)cc2n1Cc1ccc(-c2ccccc2C(=O)OC(C)(C)C)cc1. The number of nitrogens with zero attached hydrogens (tertiary/aromatic N) is 4. The number of nitrogens with two attached hydrogens (primary N) is 1. The van der Waals surface area contributed by atoms with Crippen molar-refractivity contribution >= 4 is 22.9 Å². The number of carbonyl (C=O) groups is 2. The molecule has 42 heavy (non-hydrogen) atoms. The maximum Gasteiger partial charge on any atom is 0.339 e. The second-order valence-corrected chi connectivity index (χ2v) is 11.6. The summed E-state index contributed by atoms with van der Waals surface area (Å²) in [5, 5.41) is 0. The maximum absolute atomic E-state index is 12.9. The third-order valence-corrected chi connectivity index (χ3v) is 7.14. The summed E-state index contributed by atoms with van der Waals surface area (Å²) in [6.45, 7) is 11.0. The Balaban J connectivity index is 1.45. The first kappa shape index (κ1) is 28.8. The molecule has 0 atom stereocenters. The smallest absolute Gasteiger partial charge is 0.339 e. The van der Waals surface area contributed by atoms with E-state index in [1.165, 1.54) is 0 Å². The van der Waals surface area contributed by atoms with Gasteiger partial charge in [-0.15, -0.1) is 0 Å². The fourth-order valence-corrected chi connectivity index (χ4v) is 5.12. The molecule has 8 heteroatoms. The average molecular weight is 564 g/mol. The molecule has 8 nitrogen and oxygen atoms in total. The van der Waals surface area contributed by atoms with Gasteiger partial charge in [0.1, 0.15) is 11.4 Å². The molecular weight excluding hydrogens is 526 g/mol. The van der Waals surface area contributed by atoms with Gasteiger partial charge in [0.25, 0.3) is 0 Å². The van der Waals surface area contributed by atoms with Gasteiger partial charge in [-0.05, 0) is 68.1 Å². The van der Waals surface area contributed by atoms with E-state index >= 15 is 0 Å². The zero-order chi connectivity index (χ0) is 30.0. The monoisotopic (exact) mass is 563 g/mol. The van der Waals surface area contributed by atoms with E-state index in [1.807, 2.05) is 55.8 Å². The van der Waals surface area contributed by atoms with Crippen molar-refractivity contribution < 1.29 is 14.3 Å². The standard InChI is InChI=1S/C34H37N5O3/c1-6-31-37-32-22(2)17-25(28-20-38(21-36-28)16-15-30(35)40)18-29(32)39(31)19-23-11-13-24(14-12-23)26-9-7-8-10-27(26)33(41)42-34(3,4)5/h7-14,17-18,20-21H,6,15-16,19H2,1-5H3,(H2,35,40). The third kappa shape index (κ3) is 6.28. The number of primary amides is 1. The molecule has 3 aromatic carbocycles. The number of esters is 1. The molecule has 2 heterocycles. The number of aryl methyl sites for hydroxylation is 3. The van der Waals surface area contributed by atoms with Gasteiger partial charge in [-0.3, -0.25) is 4.79 Å². The summed E-state index contributed by atoms with van der Waals surface area (Å²) in [5.41, 5.74) is 13.2. The zero-order valence-corrected chi connectivity index (χ0v) is 24.8. The van der Waals surface area contributed by atoms with Crippen LogP contribution in [0.15, 0.2) is 73.2 Å². The Bertz CT molecular complexity index is 1760. The van der Waals surface area contributed by atoms with Crippen LogP contribution < -0.4 is 5.73 Å². The molecule has 0 aliphatic carbocycles. The van der Waals surface area contributed by atoms with E-state index in [-0.39, 0.29) is 18.3 Å². The number of aromatic nitrogens is 4. The van der Waals surface area contributed by atoms with Crippen LogP contribution in [-0.4, -0.2) is 36.6 Å². The molecular formula is C34H37N5O3. The summed E-state index contributed by atoms with van der Waals surface area (Å²) in [6, 6.07) is 20.1. The highest BCUT2D eigenvalue weighted by Crippen LogP contribution is 2.30. The summed E-state index contributed by atoms with van der Waals surface area (Å²) in [5.74, 6) is 0.346. The summed E-state index contributed by atoms with van der Waals surface area (Å²) < 4.78 is 9.80. The molecule has 0 bridgehead atoms. The van der Waals surface area contributed by atoms with E-state index in [0.717, 1.165) is 56.8 Å². The van der Waals surface area contributed by atoms with Gasteiger partial charge in [0.05, 0.1) is 28.6 Å². The number of rotatable bonds is 9. The molecule has 0 aliphatic rings. The van der Waals surface area contributed by atoms with Crippen molar-refractivity contribution in [3.8, 4) is 22.4 Å². The molecule has 2 aromatic heterocycles. The topological polar surface area (TPSA) is 105 Å². The van der Waals surface area contributed by atoms with Crippen molar-refractivity contribution in [1.29, 1.82) is 0 Å². The van der Waals surface area contributed by atoms with E-state index < -0.39 is 5.60 Å². The molecule has 0 fully saturated rings. The van der Waals surface area contributed by atoms with Gasteiger partial charge in [0.2, 0.25) is 5.91 Å². The first-order valence-corrected chi connectivity index (χ1v) is 14.2. The van der Waals surface area contributed by atoms with Crippen LogP contribution in [0.2, 0.25) is 0 Å². The van der Waals surface area contributed by atoms with Crippen molar-refractivity contribution in [1.82, 2.24) is 19.1 Å². The fraction of sp³-hybridized carbons (Fsp3) is 0.294. The van der Waals surface area contributed by atoms with Gasteiger partial charge in [0.15, 0.2) is 0 Å². The predicted octanol–water partition coefficient (Wildman–Crippen LogP) is 6.32. The minimum Gasteiger partial charge on any atom is -0.456 e. The zero-order valence-electron chi connectivity index (χ0n) is 24.8. The highest BCUT2D eigenvalue weighted by Gasteiger charge is 2.21. The lowest BCUT2D eigenvalue weighted by molar-refractivity contribution is -0.118. The largest absolute Gasteiger partial charge is 0.456 e. The fourth-order valence-electron chi connectivity index (χ4n) is 5.12. The summed E-state index contributed by atoms with van der Waals surface area (Å²) in [7, 11) is 0. The highest BCUT2D eigenvalue weighted by molar-refractivity contribution is 5.97. The molecule has 5 aromatic rings. The summed E-state index contributed by atoms with van der Waals surface area (Å²) in [4.78, 5) is 33.6. The quantitative estimate of drug-likeness (QED) is 0.211. The van der Waals surface area contributed by atoms with E-state index in [9.17, 15) is 9.59 Å². The van der Waals surface area contributed by atoms with Crippen LogP contribution in [-0.2, 0) is 29.0 Å². The third-order valence-electron chi connectivity index (χ3n) is 7.14. The first-order valence-electron chi connectivity index (χ1n) is 14.2. The van der Waals surface area contributed by atoms with Gasteiger partial charge >= 0.3 is 5.97 Å². The number of amides is 1. The van der Waals surface area contributed by atoms with Gasteiger partial charge in [-0.1, -0.05) is 49.4 Å². The lowest BCUT2D eigenvalue weighted by Crippen LogP contribution is -2.24. The molecule has 5 rings (SSSR count). The number of ether oxygens (including phenoxy) is 1.